The van der Waals surface area contributed by atoms with Gasteiger partial charge in [-0.05, 0) is 51.0 Å². The lowest BCUT2D eigenvalue weighted by molar-refractivity contribution is 0.0946. The van der Waals surface area contributed by atoms with Gasteiger partial charge in [-0.3, -0.25) is 4.79 Å². The molecule has 0 aliphatic carbocycles. The third-order valence-corrected chi connectivity index (χ3v) is 3.79. The van der Waals surface area contributed by atoms with E-state index in [1.165, 1.54) is 25.9 Å². The third kappa shape index (κ3) is 4.11. The number of methoxy groups -OCH3 is 2. The van der Waals surface area contributed by atoms with Crippen molar-refractivity contribution in [2.24, 2.45) is 0 Å². The minimum absolute atomic E-state index is 0.147. The minimum Gasteiger partial charge on any atom is -0.496 e. The van der Waals surface area contributed by atoms with Crippen LogP contribution in [0.2, 0.25) is 0 Å². The molecular weight excluding hydrogens is 268 g/mol. The van der Waals surface area contributed by atoms with Crippen molar-refractivity contribution in [3.8, 4) is 11.5 Å². The van der Waals surface area contributed by atoms with Crippen LogP contribution in [0, 0.1) is 0 Å². The standard InChI is InChI=1S/C16H24N2O3/c1-20-13-7-5-8-14(21-2)15(13)16(19)17-9-6-12-18-10-3-4-11-18/h5,7-8H,3-4,6,9-12H2,1-2H3,(H,17,19). The van der Waals surface area contributed by atoms with Crippen molar-refractivity contribution in [3.63, 3.8) is 0 Å². The van der Waals surface area contributed by atoms with Gasteiger partial charge < -0.3 is 19.7 Å². The van der Waals surface area contributed by atoms with Gasteiger partial charge >= 0.3 is 0 Å². The lowest BCUT2D eigenvalue weighted by atomic mass is 10.1. The lowest BCUT2D eigenvalue weighted by Crippen LogP contribution is -2.29. The topological polar surface area (TPSA) is 50.8 Å². The number of benzene rings is 1. The molecule has 1 N–H and O–H groups in total. The smallest absolute Gasteiger partial charge is 0.258 e. The van der Waals surface area contributed by atoms with Gasteiger partial charge in [-0.25, -0.2) is 0 Å². The van der Waals surface area contributed by atoms with E-state index in [2.05, 4.69) is 10.2 Å². The van der Waals surface area contributed by atoms with Crippen molar-refractivity contribution < 1.29 is 14.3 Å². The molecule has 1 fully saturated rings. The first-order chi connectivity index (χ1) is 10.3. The zero-order valence-corrected chi connectivity index (χ0v) is 12.9. The number of amides is 1. The quantitative estimate of drug-likeness (QED) is 0.780. The third-order valence-electron chi connectivity index (χ3n) is 3.79. The van der Waals surface area contributed by atoms with Gasteiger partial charge in [-0.15, -0.1) is 0 Å². The molecule has 0 spiro atoms. The first kappa shape index (κ1) is 15.6. The Labute approximate surface area is 126 Å². The largest absolute Gasteiger partial charge is 0.496 e. The summed E-state index contributed by atoms with van der Waals surface area (Å²) in [7, 11) is 3.11. The SMILES string of the molecule is COc1cccc(OC)c1C(=O)NCCCN1CCCC1. The van der Waals surface area contributed by atoms with Crippen molar-refractivity contribution in [2.75, 3.05) is 40.4 Å². The van der Waals surface area contributed by atoms with Gasteiger partial charge in [-0.1, -0.05) is 6.07 Å². The van der Waals surface area contributed by atoms with E-state index in [4.69, 9.17) is 9.47 Å². The van der Waals surface area contributed by atoms with Crippen molar-refractivity contribution in [1.29, 1.82) is 0 Å². The summed E-state index contributed by atoms with van der Waals surface area (Å²) in [6, 6.07) is 5.34. The second kappa shape index (κ2) is 7.88. The van der Waals surface area contributed by atoms with Gasteiger partial charge in [0.05, 0.1) is 14.2 Å². The summed E-state index contributed by atoms with van der Waals surface area (Å²) in [4.78, 5) is 14.8. The fourth-order valence-corrected chi connectivity index (χ4v) is 2.67. The Balaban J connectivity index is 1.87. The molecule has 5 nitrogen and oxygen atoms in total. The molecule has 0 unspecified atom stereocenters. The van der Waals surface area contributed by atoms with Crippen molar-refractivity contribution in [2.45, 2.75) is 19.3 Å². The highest BCUT2D eigenvalue weighted by atomic mass is 16.5. The molecule has 1 aliphatic heterocycles. The van der Waals surface area contributed by atoms with E-state index in [-0.39, 0.29) is 5.91 Å². The molecule has 0 radical (unpaired) electrons. The number of nitrogens with one attached hydrogen (secondary N) is 1. The summed E-state index contributed by atoms with van der Waals surface area (Å²) in [6.07, 6.45) is 3.55. The molecule has 1 saturated heterocycles. The predicted molar refractivity (Wildman–Crippen MR) is 82.2 cm³/mol. The number of ether oxygens (including phenoxy) is 2. The summed E-state index contributed by atoms with van der Waals surface area (Å²) >= 11 is 0. The van der Waals surface area contributed by atoms with E-state index < -0.39 is 0 Å². The summed E-state index contributed by atoms with van der Waals surface area (Å²) in [5.74, 6) is 0.920. The van der Waals surface area contributed by atoms with Gasteiger partial charge in [-0.2, -0.15) is 0 Å². The summed E-state index contributed by atoms with van der Waals surface area (Å²) in [5.41, 5.74) is 0.462. The van der Waals surface area contributed by atoms with Crippen LogP contribution in [-0.4, -0.2) is 51.2 Å². The van der Waals surface area contributed by atoms with Gasteiger partial charge in [0.15, 0.2) is 0 Å². The zero-order chi connectivity index (χ0) is 15.1. The van der Waals surface area contributed by atoms with Crippen LogP contribution in [0.3, 0.4) is 0 Å². The Morgan fingerprint density at radius 3 is 2.38 bits per heavy atom. The van der Waals surface area contributed by atoms with Gasteiger partial charge in [0.25, 0.3) is 5.91 Å². The Morgan fingerprint density at radius 2 is 1.81 bits per heavy atom. The molecule has 5 heteroatoms. The number of rotatable bonds is 7. The molecule has 0 aromatic heterocycles. The van der Waals surface area contributed by atoms with Crippen molar-refractivity contribution >= 4 is 5.91 Å². The van der Waals surface area contributed by atoms with Crippen LogP contribution in [0.4, 0.5) is 0 Å². The highest BCUT2D eigenvalue weighted by Gasteiger charge is 2.17. The first-order valence-electron chi connectivity index (χ1n) is 7.48. The molecule has 21 heavy (non-hydrogen) atoms. The molecule has 1 aromatic rings. The first-order valence-corrected chi connectivity index (χ1v) is 7.48. The Kier molecular flexibility index (Phi) is 5.87. The van der Waals surface area contributed by atoms with Crippen LogP contribution in [0.1, 0.15) is 29.6 Å². The zero-order valence-electron chi connectivity index (χ0n) is 12.9. The number of hydrogen-bond donors (Lipinski definition) is 1. The van der Waals surface area contributed by atoms with Crippen LogP contribution < -0.4 is 14.8 Å². The molecule has 0 saturated carbocycles. The second-order valence-electron chi connectivity index (χ2n) is 5.20. The summed E-state index contributed by atoms with van der Waals surface area (Å²) < 4.78 is 10.5. The molecule has 0 bridgehead atoms. The number of carbonyl (C=O) groups excluding carboxylic acids is 1. The van der Waals surface area contributed by atoms with Crippen molar-refractivity contribution in [1.82, 2.24) is 10.2 Å². The highest BCUT2D eigenvalue weighted by Crippen LogP contribution is 2.27. The number of likely N-dealkylation sites (tertiary alicyclic amines) is 1. The van der Waals surface area contributed by atoms with Crippen LogP contribution in [-0.2, 0) is 0 Å². The number of carbonyl (C=O) groups is 1. The maximum absolute atomic E-state index is 12.3. The molecule has 116 valence electrons. The van der Waals surface area contributed by atoms with E-state index in [0.717, 1.165) is 13.0 Å². The summed E-state index contributed by atoms with van der Waals surface area (Å²) in [6.45, 7) is 4.09. The molecule has 1 aromatic carbocycles. The van der Waals surface area contributed by atoms with E-state index in [0.29, 0.717) is 23.6 Å². The van der Waals surface area contributed by atoms with E-state index in [1.54, 1.807) is 26.4 Å². The lowest BCUT2D eigenvalue weighted by Gasteiger charge is -2.15. The monoisotopic (exact) mass is 292 g/mol. The second-order valence-corrected chi connectivity index (χ2v) is 5.20. The Morgan fingerprint density at radius 1 is 1.19 bits per heavy atom. The molecule has 2 rings (SSSR count). The maximum Gasteiger partial charge on any atom is 0.258 e. The highest BCUT2D eigenvalue weighted by molar-refractivity contribution is 5.99. The molecule has 0 atom stereocenters. The Bertz CT molecular complexity index is 448. The minimum atomic E-state index is -0.147. The van der Waals surface area contributed by atoms with Crippen LogP contribution in [0.15, 0.2) is 18.2 Å². The van der Waals surface area contributed by atoms with Gasteiger partial charge in [0.2, 0.25) is 0 Å². The van der Waals surface area contributed by atoms with Crippen LogP contribution >= 0.6 is 0 Å². The molecule has 1 heterocycles. The predicted octanol–water partition coefficient (Wildman–Crippen LogP) is 1.92. The maximum atomic E-state index is 12.3. The number of nitrogens with zero attached hydrogens (tertiary/aromatic N) is 1. The van der Waals surface area contributed by atoms with Crippen LogP contribution in [0.25, 0.3) is 0 Å². The fourth-order valence-electron chi connectivity index (χ4n) is 2.67. The fraction of sp³-hybridized carbons (Fsp3) is 0.562. The summed E-state index contributed by atoms with van der Waals surface area (Å²) in [5, 5.41) is 2.95. The molecular formula is C16H24N2O3. The number of hydrogen-bond acceptors (Lipinski definition) is 4. The Hall–Kier alpha value is -1.75. The van der Waals surface area contributed by atoms with Crippen LogP contribution in [0.5, 0.6) is 11.5 Å². The molecule has 1 aliphatic rings. The van der Waals surface area contributed by atoms with E-state index in [9.17, 15) is 4.79 Å². The van der Waals surface area contributed by atoms with E-state index in [1.807, 2.05) is 6.07 Å². The van der Waals surface area contributed by atoms with Gasteiger partial charge in [0, 0.05) is 6.54 Å². The van der Waals surface area contributed by atoms with Crippen molar-refractivity contribution in [3.05, 3.63) is 23.8 Å². The van der Waals surface area contributed by atoms with E-state index >= 15 is 0 Å². The average molecular weight is 292 g/mol. The molecule has 1 amide bonds. The normalized spacial score (nSPS) is 15.0. The average Bonchev–Trinajstić information content (AvgIpc) is 3.03. The van der Waals surface area contributed by atoms with Gasteiger partial charge in [0.1, 0.15) is 17.1 Å².